The van der Waals surface area contributed by atoms with Gasteiger partial charge in [0.05, 0.1) is 12.1 Å². The first-order valence-corrected chi connectivity index (χ1v) is 9.14. The van der Waals surface area contributed by atoms with Gasteiger partial charge in [0.2, 0.25) is 0 Å². The highest BCUT2D eigenvalue weighted by Crippen LogP contribution is 2.34. The zero-order valence-electron chi connectivity index (χ0n) is 15.8. The average Bonchev–Trinajstić information content (AvgIpc) is 2.74. The maximum absolute atomic E-state index is 12.4. The van der Waals surface area contributed by atoms with Crippen LogP contribution >= 0.6 is 0 Å². The summed E-state index contributed by atoms with van der Waals surface area (Å²) >= 11 is 0. The Balaban J connectivity index is 1.46. The van der Waals surface area contributed by atoms with Gasteiger partial charge in [-0.1, -0.05) is 30.3 Å². The van der Waals surface area contributed by atoms with Gasteiger partial charge in [0, 0.05) is 17.3 Å². The fraction of sp³-hybridized carbons (Fsp3) is 0.130. The summed E-state index contributed by atoms with van der Waals surface area (Å²) in [6.45, 7) is 2.29. The second-order valence-corrected chi connectivity index (χ2v) is 6.81. The van der Waals surface area contributed by atoms with E-state index in [1.165, 1.54) is 11.0 Å². The number of phenols is 1. The van der Waals surface area contributed by atoms with E-state index in [1.54, 1.807) is 37.3 Å². The number of anilines is 1. The smallest absolute Gasteiger partial charge is 0.420 e. The van der Waals surface area contributed by atoms with Gasteiger partial charge in [0.15, 0.2) is 0 Å². The molecule has 1 amide bonds. The molecule has 0 fully saturated rings. The molecule has 0 aromatic heterocycles. The number of carbonyl (C=O) groups is 2. The molecule has 3 aromatic rings. The highest BCUT2D eigenvalue weighted by atomic mass is 16.6. The minimum absolute atomic E-state index is 0.0865. The van der Waals surface area contributed by atoms with Crippen LogP contribution in [0.5, 0.6) is 11.5 Å². The molecule has 1 aliphatic heterocycles. The molecule has 0 aliphatic carbocycles. The van der Waals surface area contributed by atoms with E-state index in [4.69, 9.17) is 9.47 Å². The Morgan fingerprint density at radius 3 is 2.55 bits per heavy atom. The Morgan fingerprint density at radius 2 is 1.83 bits per heavy atom. The number of amides is 1. The van der Waals surface area contributed by atoms with Crippen molar-refractivity contribution in [3.05, 3.63) is 89.0 Å². The minimum atomic E-state index is -0.542. The van der Waals surface area contributed by atoms with E-state index in [0.717, 1.165) is 11.1 Å². The van der Waals surface area contributed by atoms with Gasteiger partial charge < -0.3 is 14.6 Å². The number of nitrogens with zero attached hydrogens (tertiary/aromatic N) is 1. The summed E-state index contributed by atoms with van der Waals surface area (Å²) in [5.41, 5.74) is 3.42. The normalized spacial score (nSPS) is 12.9. The van der Waals surface area contributed by atoms with Crippen molar-refractivity contribution in [1.29, 1.82) is 0 Å². The molecule has 0 spiro atoms. The van der Waals surface area contributed by atoms with E-state index < -0.39 is 12.1 Å². The maximum atomic E-state index is 12.4. The molecule has 0 saturated heterocycles. The molecule has 146 valence electrons. The van der Waals surface area contributed by atoms with Crippen LogP contribution in [0.4, 0.5) is 10.5 Å². The van der Waals surface area contributed by atoms with E-state index in [2.05, 4.69) is 0 Å². The predicted octanol–water partition coefficient (Wildman–Crippen LogP) is 4.58. The standard InChI is InChI=1S/C23H19NO5/c1-15-11-18-13-24(23(27)29-21(18)12-20(15)25)19-9-7-17(8-10-19)22(26)28-14-16-5-3-2-4-6-16/h2-12,25H,13-14H2,1H3. The molecule has 0 radical (unpaired) electrons. The van der Waals surface area contributed by atoms with Crippen molar-refractivity contribution in [3.8, 4) is 11.5 Å². The van der Waals surface area contributed by atoms with Gasteiger partial charge in [-0.2, -0.15) is 0 Å². The van der Waals surface area contributed by atoms with Crippen LogP contribution in [-0.4, -0.2) is 17.2 Å². The van der Waals surface area contributed by atoms with Crippen molar-refractivity contribution >= 4 is 17.7 Å². The van der Waals surface area contributed by atoms with Crippen LogP contribution in [0.2, 0.25) is 0 Å². The van der Waals surface area contributed by atoms with E-state index >= 15 is 0 Å². The molecular formula is C23H19NO5. The largest absolute Gasteiger partial charge is 0.508 e. The molecule has 3 aromatic carbocycles. The van der Waals surface area contributed by atoms with Crippen LogP contribution in [0.15, 0.2) is 66.7 Å². The lowest BCUT2D eigenvalue weighted by Gasteiger charge is -2.28. The first-order chi connectivity index (χ1) is 14.0. The van der Waals surface area contributed by atoms with Crippen LogP contribution in [0.1, 0.15) is 27.0 Å². The van der Waals surface area contributed by atoms with Crippen molar-refractivity contribution in [2.24, 2.45) is 0 Å². The Morgan fingerprint density at radius 1 is 1.10 bits per heavy atom. The topological polar surface area (TPSA) is 76.1 Å². The molecule has 6 heteroatoms. The highest BCUT2D eigenvalue weighted by Gasteiger charge is 2.27. The van der Waals surface area contributed by atoms with Crippen molar-refractivity contribution in [1.82, 2.24) is 0 Å². The molecule has 6 nitrogen and oxygen atoms in total. The number of esters is 1. The molecule has 0 unspecified atom stereocenters. The van der Waals surface area contributed by atoms with Gasteiger partial charge in [-0.05, 0) is 48.4 Å². The number of hydrogen-bond donors (Lipinski definition) is 1. The number of hydrogen-bond acceptors (Lipinski definition) is 5. The molecular weight excluding hydrogens is 370 g/mol. The Kier molecular flexibility index (Phi) is 4.91. The lowest BCUT2D eigenvalue weighted by atomic mass is 10.1. The Bertz CT molecular complexity index is 1060. The molecule has 4 rings (SSSR count). The number of carbonyl (C=O) groups excluding carboxylic acids is 2. The highest BCUT2D eigenvalue weighted by molar-refractivity contribution is 5.93. The summed E-state index contributed by atoms with van der Waals surface area (Å²) in [6, 6.07) is 19.3. The van der Waals surface area contributed by atoms with Crippen molar-refractivity contribution in [3.63, 3.8) is 0 Å². The zero-order chi connectivity index (χ0) is 20.4. The summed E-state index contributed by atoms with van der Waals surface area (Å²) in [4.78, 5) is 26.1. The third kappa shape index (κ3) is 3.91. The third-order valence-corrected chi connectivity index (χ3v) is 4.75. The number of rotatable bonds is 4. The number of ether oxygens (including phenoxy) is 2. The van der Waals surface area contributed by atoms with E-state index in [9.17, 15) is 14.7 Å². The number of aryl methyl sites for hydroxylation is 1. The van der Waals surface area contributed by atoms with E-state index in [0.29, 0.717) is 29.1 Å². The van der Waals surface area contributed by atoms with Crippen LogP contribution in [0.25, 0.3) is 0 Å². The average molecular weight is 389 g/mol. The van der Waals surface area contributed by atoms with E-state index in [1.807, 2.05) is 30.3 Å². The van der Waals surface area contributed by atoms with Crippen molar-refractivity contribution < 1.29 is 24.2 Å². The molecule has 0 bridgehead atoms. The number of phenolic OH excluding ortho intramolecular Hbond substituents is 1. The van der Waals surface area contributed by atoms with Crippen LogP contribution in [0, 0.1) is 6.92 Å². The van der Waals surface area contributed by atoms with Gasteiger partial charge in [-0.25, -0.2) is 9.59 Å². The van der Waals surface area contributed by atoms with Crippen LogP contribution in [0.3, 0.4) is 0 Å². The molecule has 1 N–H and O–H groups in total. The van der Waals surface area contributed by atoms with Gasteiger partial charge in [0.1, 0.15) is 18.1 Å². The summed E-state index contributed by atoms with van der Waals surface area (Å²) in [5, 5.41) is 9.79. The maximum Gasteiger partial charge on any atom is 0.420 e. The summed E-state index contributed by atoms with van der Waals surface area (Å²) in [7, 11) is 0. The minimum Gasteiger partial charge on any atom is -0.508 e. The zero-order valence-corrected chi connectivity index (χ0v) is 15.8. The third-order valence-electron chi connectivity index (χ3n) is 4.75. The first kappa shape index (κ1) is 18.6. The Hall–Kier alpha value is -3.80. The van der Waals surface area contributed by atoms with Crippen LogP contribution in [-0.2, 0) is 17.9 Å². The monoisotopic (exact) mass is 389 g/mol. The van der Waals surface area contributed by atoms with Gasteiger partial charge in [-0.15, -0.1) is 0 Å². The fourth-order valence-corrected chi connectivity index (χ4v) is 3.12. The number of fused-ring (bicyclic) bond motifs is 1. The molecule has 1 heterocycles. The SMILES string of the molecule is Cc1cc2c(cc1O)OC(=O)N(c1ccc(C(=O)OCc3ccccc3)cc1)C2. The fourth-order valence-electron chi connectivity index (χ4n) is 3.12. The first-order valence-electron chi connectivity index (χ1n) is 9.14. The number of aromatic hydroxyl groups is 1. The van der Waals surface area contributed by atoms with Gasteiger partial charge in [-0.3, -0.25) is 4.90 Å². The molecule has 0 saturated carbocycles. The second-order valence-electron chi connectivity index (χ2n) is 6.81. The Labute approximate surface area is 167 Å². The molecule has 0 atom stereocenters. The van der Waals surface area contributed by atoms with Crippen LogP contribution < -0.4 is 9.64 Å². The molecule has 29 heavy (non-hydrogen) atoms. The van der Waals surface area contributed by atoms with Crippen molar-refractivity contribution in [2.75, 3.05) is 4.90 Å². The van der Waals surface area contributed by atoms with Gasteiger partial charge in [0.25, 0.3) is 0 Å². The van der Waals surface area contributed by atoms with Crippen molar-refractivity contribution in [2.45, 2.75) is 20.1 Å². The quantitative estimate of drug-likeness (QED) is 0.661. The number of benzene rings is 3. The lowest BCUT2D eigenvalue weighted by molar-refractivity contribution is 0.0472. The lowest BCUT2D eigenvalue weighted by Crippen LogP contribution is -2.37. The summed E-state index contributed by atoms with van der Waals surface area (Å²) < 4.78 is 10.7. The van der Waals surface area contributed by atoms with Gasteiger partial charge >= 0.3 is 12.1 Å². The summed E-state index contributed by atoms with van der Waals surface area (Å²) in [5.74, 6) is 0.0110. The second kappa shape index (κ2) is 7.67. The predicted molar refractivity (Wildman–Crippen MR) is 107 cm³/mol. The summed E-state index contributed by atoms with van der Waals surface area (Å²) in [6.07, 6.45) is -0.542. The molecule has 1 aliphatic rings. The van der Waals surface area contributed by atoms with E-state index in [-0.39, 0.29) is 12.4 Å².